The van der Waals surface area contributed by atoms with Crippen molar-refractivity contribution in [1.29, 1.82) is 5.26 Å². The van der Waals surface area contributed by atoms with E-state index in [0.29, 0.717) is 17.8 Å². The van der Waals surface area contributed by atoms with Gasteiger partial charge in [0.1, 0.15) is 0 Å². The fraction of sp³-hybridized carbons (Fsp3) is 0.0588. The quantitative estimate of drug-likeness (QED) is 0.664. The van der Waals surface area contributed by atoms with Gasteiger partial charge in [0, 0.05) is 17.6 Å². The number of rotatable bonds is 4. The maximum Gasteiger partial charge on any atom is 0.0991 e. The molecular formula is C17H16N4. The van der Waals surface area contributed by atoms with Gasteiger partial charge in [-0.25, -0.2) is 0 Å². The molecule has 4 heteroatoms. The van der Waals surface area contributed by atoms with Crippen LogP contribution >= 0.6 is 0 Å². The number of nitriles is 1. The summed E-state index contributed by atoms with van der Waals surface area (Å²) >= 11 is 0. The van der Waals surface area contributed by atoms with E-state index in [0.717, 1.165) is 16.8 Å². The molecule has 0 atom stereocenters. The van der Waals surface area contributed by atoms with Gasteiger partial charge in [0.05, 0.1) is 18.2 Å². The normalized spacial score (nSPS) is 11.5. The van der Waals surface area contributed by atoms with E-state index in [4.69, 9.17) is 16.7 Å². The lowest BCUT2D eigenvalue weighted by Gasteiger charge is -2.00. The number of aliphatic imine (C=N–C) groups is 1. The molecule has 0 fully saturated rings. The SMILES string of the molecule is N#Cc1cccc(/C(N)=C/C=NCc2ccc(N)cc2)c1. The lowest BCUT2D eigenvalue weighted by molar-refractivity contribution is 1.08. The smallest absolute Gasteiger partial charge is 0.0991 e. The van der Waals surface area contributed by atoms with Crippen LogP contribution in [0.2, 0.25) is 0 Å². The van der Waals surface area contributed by atoms with Crippen molar-refractivity contribution in [3.63, 3.8) is 0 Å². The van der Waals surface area contributed by atoms with Gasteiger partial charge in [-0.3, -0.25) is 4.99 Å². The molecule has 0 saturated carbocycles. The highest BCUT2D eigenvalue weighted by Crippen LogP contribution is 2.10. The Bertz CT molecular complexity index is 706. The second kappa shape index (κ2) is 6.92. The number of hydrogen-bond acceptors (Lipinski definition) is 4. The van der Waals surface area contributed by atoms with Crippen molar-refractivity contribution in [3.05, 3.63) is 71.3 Å². The van der Waals surface area contributed by atoms with Crippen LogP contribution in [0.1, 0.15) is 16.7 Å². The summed E-state index contributed by atoms with van der Waals surface area (Å²) in [6.45, 7) is 0.572. The van der Waals surface area contributed by atoms with Crippen molar-refractivity contribution in [3.8, 4) is 6.07 Å². The molecule has 21 heavy (non-hydrogen) atoms. The second-order valence-electron chi connectivity index (χ2n) is 4.55. The summed E-state index contributed by atoms with van der Waals surface area (Å²) in [7, 11) is 0. The van der Waals surface area contributed by atoms with Gasteiger partial charge in [0.25, 0.3) is 0 Å². The van der Waals surface area contributed by atoms with Crippen molar-refractivity contribution in [1.82, 2.24) is 0 Å². The monoisotopic (exact) mass is 276 g/mol. The molecule has 2 rings (SSSR count). The Labute approximate surface area is 124 Å². The number of hydrogen-bond donors (Lipinski definition) is 2. The van der Waals surface area contributed by atoms with Crippen LogP contribution in [0.5, 0.6) is 0 Å². The summed E-state index contributed by atoms with van der Waals surface area (Å²) in [5.41, 5.74) is 15.4. The molecular weight excluding hydrogens is 260 g/mol. The first-order chi connectivity index (χ1) is 10.2. The van der Waals surface area contributed by atoms with Gasteiger partial charge < -0.3 is 11.5 Å². The van der Waals surface area contributed by atoms with Crippen LogP contribution in [0.25, 0.3) is 5.70 Å². The third-order valence-electron chi connectivity index (χ3n) is 2.94. The Balaban J connectivity index is 2.01. The number of anilines is 1. The van der Waals surface area contributed by atoms with E-state index in [2.05, 4.69) is 11.1 Å². The molecule has 0 saturated heterocycles. The van der Waals surface area contributed by atoms with Crippen molar-refractivity contribution in [2.45, 2.75) is 6.54 Å². The predicted octanol–water partition coefficient (Wildman–Crippen LogP) is 2.71. The molecule has 0 aliphatic heterocycles. The van der Waals surface area contributed by atoms with Crippen LogP contribution in [-0.2, 0) is 6.54 Å². The van der Waals surface area contributed by atoms with E-state index >= 15 is 0 Å². The van der Waals surface area contributed by atoms with Crippen molar-refractivity contribution < 1.29 is 0 Å². The van der Waals surface area contributed by atoms with Gasteiger partial charge >= 0.3 is 0 Å². The highest BCUT2D eigenvalue weighted by atomic mass is 14.7. The maximum atomic E-state index is 8.86. The summed E-state index contributed by atoms with van der Waals surface area (Å²) in [6.07, 6.45) is 3.40. The minimum absolute atomic E-state index is 0.572. The molecule has 4 nitrogen and oxygen atoms in total. The van der Waals surface area contributed by atoms with Crippen LogP contribution in [0.15, 0.2) is 59.6 Å². The van der Waals surface area contributed by atoms with Gasteiger partial charge in [-0.2, -0.15) is 5.26 Å². The molecule has 0 aliphatic carbocycles. The molecule has 4 N–H and O–H groups in total. The van der Waals surface area contributed by atoms with Gasteiger partial charge in [0.2, 0.25) is 0 Å². The highest BCUT2D eigenvalue weighted by molar-refractivity contribution is 5.83. The van der Waals surface area contributed by atoms with Gasteiger partial charge in [-0.1, -0.05) is 24.3 Å². The van der Waals surface area contributed by atoms with Crippen LogP contribution in [0, 0.1) is 11.3 Å². The Morgan fingerprint density at radius 3 is 2.67 bits per heavy atom. The minimum atomic E-state index is 0.572. The van der Waals surface area contributed by atoms with Crippen molar-refractivity contribution in [2.75, 3.05) is 5.73 Å². The molecule has 0 aliphatic rings. The minimum Gasteiger partial charge on any atom is -0.399 e. The van der Waals surface area contributed by atoms with Gasteiger partial charge in [-0.05, 0) is 41.5 Å². The summed E-state index contributed by atoms with van der Waals surface area (Å²) < 4.78 is 0. The van der Waals surface area contributed by atoms with Crippen molar-refractivity contribution in [2.24, 2.45) is 10.7 Å². The third kappa shape index (κ3) is 4.22. The lowest BCUT2D eigenvalue weighted by atomic mass is 10.1. The Kier molecular flexibility index (Phi) is 4.73. The molecule has 0 bridgehead atoms. The molecule has 0 amide bonds. The lowest BCUT2D eigenvalue weighted by Crippen LogP contribution is -1.97. The molecule has 0 heterocycles. The summed E-state index contributed by atoms with van der Waals surface area (Å²) in [4.78, 5) is 4.29. The molecule has 0 radical (unpaired) electrons. The Morgan fingerprint density at radius 2 is 1.95 bits per heavy atom. The van der Waals surface area contributed by atoms with Crippen LogP contribution in [-0.4, -0.2) is 6.21 Å². The Hall–Kier alpha value is -3.06. The number of benzene rings is 2. The summed E-state index contributed by atoms with van der Waals surface area (Å²) in [6, 6.07) is 16.8. The van der Waals surface area contributed by atoms with Crippen molar-refractivity contribution >= 4 is 17.6 Å². The zero-order valence-corrected chi connectivity index (χ0v) is 11.5. The molecule has 2 aromatic carbocycles. The van der Waals surface area contributed by atoms with E-state index in [1.165, 1.54) is 0 Å². The second-order valence-corrected chi connectivity index (χ2v) is 4.55. The standard InChI is InChI=1S/C17H16N4/c18-11-14-2-1-3-15(10-14)17(20)8-9-21-12-13-4-6-16(19)7-5-13/h1-10H,12,19-20H2/b17-8-,21-9?. The average molecular weight is 276 g/mol. The third-order valence-corrected chi connectivity index (χ3v) is 2.94. The van der Waals surface area contributed by atoms with E-state index in [1.807, 2.05) is 30.3 Å². The molecule has 0 aromatic heterocycles. The fourth-order valence-electron chi connectivity index (χ4n) is 1.78. The maximum absolute atomic E-state index is 8.86. The number of nitrogen functional groups attached to an aromatic ring is 1. The summed E-state index contributed by atoms with van der Waals surface area (Å²) in [5.74, 6) is 0. The van der Waals surface area contributed by atoms with Gasteiger partial charge in [-0.15, -0.1) is 0 Å². The first kappa shape index (κ1) is 14.4. The first-order valence-corrected chi connectivity index (χ1v) is 6.49. The van der Waals surface area contributed by atoms with E-state index < -0.39 is 0 Å². The average Bonchev–Trinajstić information content (AvgIpc) is 2.53. The number of allylic oxidation sites excluding steroid dienone is 1. The number of nitrogens with zero attached hydrogens (tertiary/aromatic N) is 2. The van der Waals surface area contributed by atoms with E-state index in [1.54, 1.807) is 30.5 Å². The predicted molar refractivity (Wildman–Crippen MR) is 86.4 cm³/mol. The highest BCUT2D eigenvalue weighted by Gasteiger charge is 1.97. The fourth-order valence-corrected chi connectivity index (χ4v) is 1.78. The zero-order valence-electron chi connectivity index (χ0n) is 11.5. The van der Waals surface area contributed by atoms with E-state index in [9.17, 15) is 0 Å². The number of nitrogens with two attached hydrogens (primary N) is 2. The molecule has 0 spiro atoms. The van der Waals surface area contributed by atoms with Crippen LogP contribution in [0.4, 0.5) is 5.69 Å². The molecule has 0 unspecified atom stereocenters. The zero-order chi connectivity index (χ0) is 15.1. The molecule has 104 valence electrons. The largest absolute Gasteiger partial charge is 0.399 e. The molecule has 2 aromatic rings. The van der Waals surface area contributed by atoms with Crippen LogP contribution in [0.3, 0.4) is 0 Å². The first-order valence-electron chi connectivity index (χ1n) is 6.49. The van der Waals surface area contributed by atoms with Gasteiger partial charge in [0.15, 0.2) is 0 Å². The Morgan fingerprint density at radius 1 is 1.19 bits per heavy atom. The van der Waals surface area contributed by atoms with E-state index in [-0.39, 0.29) is 0 Å². The van der Waals surface area contributed by atoms with Crippen LogP contribution < -0.4 is 11.5 Å². The summed E-state index contributed by atoms with van der Waals surface area (Å²) in [5, 5.41) is 8.86. The topological polar surface area (TPSA) is 88.2 Å².